The van der Waals surface area contributed by atoms with Gasteiger partial charge in [-0.25, -0.2) is 4.98 Å². The second-order valence-corrected chi connectivity index (χ2v) is 6.12. The van der Waals surface area contributed by atoms with Crippen molar-refractivity contribution >= 4 is 22.8 Å². The maximum Gasteiger partial charge on any atom is 0.242 e. The summed E-state index contributed by atoms with van der Waals surface area (Å²) in [5.74, 6) is 0.750. The summed E-state index contributed by atoms with van der Waals surface area (Å²) in [5.41, 5.74) is 1.74. The van der Waals surface area contributed by atoms with E-state index in [1.807, 2.05) is 40.7 Å². The van der Waals surface area contributed by atoms with Crippen molar-refractivity contribution in [2.75, 3.05) is 26.3 Å². The van der Waals surface area contributed by atoms with Crippen molar-refractivity contribution < 1.29 is 14.3 Å². The van der Waals surface area contributed by atoms with Crippen molar-refractivity contribution in [1.82, 2.24) is 19.8 Å². The number of nitrogens with one attached hydrogen (secondary N) is 1. The topological polar surface area (TPSA) is 76.5 Å². The minimum Gasteiger partial charge on any atom is -0.378 e. The van der Waals surface area contributed by atoms with Crippen LogP contribution in [0, 0.1) is 0 Å². The Morgan fingerprint density at radius 1 is 1.24 bits per heavy atom. The van der Waals surface area contributed by atoms with Gasteiger partial charge < -0.3 is 19.5 Å². The average Bonchev–Trinajstić information content (AvgIpc) is 2.99. The van der Waals surface area contributed by atoms with E-state index in [4.69, 9.17) is 4.74 Å². The largest absolute Gasteiger partial charge is 0.378 e. The van der Waals surface area contributed by atoms with Crippen molar-refractivity contribution in [2.45, 2.75) is 32.9 Å². The van der Waals surface area contributed by atoms with Gasteiger partial charge in [0.25, 0.3) is 0 Å². The lowest BCUT2D eigenvalue weighted by Crippen LogP contribution is -2.42. The summed E-state index contributed by atoms with van der Waals surface area (Å²) in [6.45, 7) is 4.91. The normalized spacial score (nSPS) is 14.7. The second kappa shape index (κ2) is 8.11. The number of morpholine rings is 1. The Morgan fingerprint density at radius 3 is 2.76 bits per heavy atom. The van der Waals surface area contributed by atoms with Gasteiger partial charge in [0.15, 0.2) is 0 Å². The lowest BCUT2D eigenvalue weighted by Gasteiger charge is -2.27. The summed E-state index contributed by atoms with van der Waals surface area (Å²) in [5, 5.41) is 2.89. The van der Waals surface area contributed by atoms with Crippen molar-refractivity contribution in [3.8, 4) is 0 Å². The molecule has 3 rings (SSSR count). The van der Waals surface area contributed by atoms with Gasteiger partial charge in [-0.2, -0.15) is 0 Å². The van der Waals surface area contributed by atoms with E-state index in [9.17, 15) is 9.59 Å². The summed E-state index contributed by atoms with van der Waals surface area (Å²) in [6, 6.07) is 7.72. The molecule has 7 nitrogen and oxygen atoms in total. The number of ether oxygens (including phenoxy) is 1. The highest BCUT2D eigenvalue weighted by molar-refractivity contribution is 5.81. The molecular formula is C18H24N4O3. The van der Waals surface area contributed by atoms with Crippen molar-refractivity contribution in [3.05, 3.63) is 30.1 Å². The Bertz CT molecular complexity index is 750. The van der Waals surface area contributed by atoms with Crippen molar-refractivity contribution in [1.29, 1.82) is 0 Å². The van der Waals surface area contributed by atoms with E-state index >= 15 is 0 Å². The predicted molar refractivity (Wildman–Crippen MR) is 93.9 cm³/mol. The molecule has 1 N–H and O–H groups in total. The molecule has 1 aromatic heterocycles. The number of hydrogen-bond donors (Lipinski definition) is 1. The number of hydrogen-bond acceptors (Lipinski definition) is 4. The number of amides is 2. The molecule has 1 saturated heterocycles. The van der Waals surface area contributed by atoms with E-state index in [1.54, 1.807) is 0 Å². The van der Waals surface area contributed by atoms with Crippen LogP contribution in [0.2, 0.25) is 0 Å². The predicted octanol–water partition coefficient (Wildman–Crippen LogP) is 1.31. The smallest absolute Gasteiger partial charge is 0.242 e. The van der Waals surface area contributed by atoms with Crippen LogP contribution in [0.4, 0.5) is 0 Å². The van der Waals surface area contributed by atoms with E-state index in [2.05, 4.69) is 10.3 Å². The molecule has 2 heterocycles. The van der Waals surface area contributed by atoms with Crippen LogP contribution in [0.3, 0.4) is 0 Å². The lowest BCUT2D eigenvalue weighted by molar-refractivity contribution is -0.135. The maximum atomic E-state index is 12.6. The average molecular weight is 344 g/mol. The van der Waals surface area contributed by atoms with Gasteiger partial charge in [-0.3, -0.25) is 9.59 Å². The first-order valence-corrected chi connectivity index (χ1v) is 8.75. The number of fused-ring (bicyclic) bond motifs is 1. The number of aromatic nitrogens is 2. The number of nitrogens with zero attached hydrogens (tertiary/aromatic N) is 3. The third kappa shape index (κ3) is 4.17. The fourth-order valence-electron chi connectivity index (χ4n) is 2.98. The molecule has 7 heteroatoms. The van der Waals surface area contributed by atoms with Gasteiger partial charge in [0, 0.05) is 19.5 Å². The first-order valence-electron chi connectivity index (χ1n) is 8.75. The maximum absolute atomic E-state index is 12.6. The van der Waals surface area contributed by atoms with Crippen LogP contribution in [-0.4, -0.2) is 52.6 Å². The van der Waals surface area contributed by atoms with Crippen LogP contribution in [-0.2, 0) is 27.4 Å². The molecule has 1 aliphatic heterocycles. The molecule has 0 aliphatic carbocycles. The Balaban J connectivity index is 1.80. The Kier molecular flexibility index (Phi) is 5.65. The van der Waals surface area contributed by atoms with Gasteiger partial charge in [0.05, 0.1) is 30.8 Å². The van der Waals surface area contributed by atoms with E-state index in [0.29, 0.717) is 45.1 Å². The molecule has 1 aromatic carbocycles. The summed E-state index contributed by atoms with van der Waals surface area (Å²) >= 11 is 0. The van der Waals surface area contributed by atoms with E-state index < -0.39 is 0 Å². The van der Waals surface area contributed by atoms with Gasteiger partial charge in [0.1, 0.15) is 12.4 Å². The lowest BCUT2D eigenvalue weighted by atomic mass is 10.3. The number of carbonyl (C=O) groups excluding carboxylic acids is 2. The minimum atomic E-state index is 0.000567. The first kappa shape index (κ1) is 17.4. The molecular weight excluding hydrogens is 320 g/mol. The molecule has 0 radical (unpaired) electrons. The first-order chi connectivity index (χ1) is 12.2. The number of rotatable bonds is 6. The van der Waals surface area contributed by atoms with E-state index in [-0.39, 0.29) is 18.4 Å². The molecule has 0 atom stereocenters. The summed E-state index contributed by atoms with van der Waals surface area (Å²) in [6.07, 6.45) is 1.30. The zero-order chi connectivity index (χ0) is 17.6. The Morgan fingerprint density at radius 2 is 2.00 bits per heavy atom. The highest BCUT2D eigenvalue weighted by Gasteiger charge is 2.20. The SMILES string of the molecule is CCCC(=O)NCc1nc2ccccc2n1CC(=O)N1CCOCC1. The summed E-state index contributed by atoms with van der Waals surface area (Å²) < 4.78 is 7.21. The van der Waals surface area contributed by atoms with Crippen LogP contribution >= 0.6 is 0 Å². The third-order valence-electron chi connectivity index (χ3n) is 4.31. The quantitative estimate of drug-likeness (QED) is 0.857. The number of carbonyl (C=O) groups is 2. The molecule has 2 aromatic rings. The zero-order valence-corrected chi connectivity index (χ0v) is 14.5. The summed E-state index contributed by atoms with van der Waals surface area (Å²) in [4.78, 5) is 30.8. The monoisotopic (exact) mass is 344 g/mol. The van der Waals surface area contributed by atoms with Crippen molar-refractivity contribution in [2.24, 2.45) is 0 Å². The minimum absolute atomic E-state index is 0.000567. The van der Waals surface area contributed by atoms with Crippen molar-refractivity contribution in [3.63, 3.8) is 0 Å². The Hall–Kier alpha value is -2.41. The Labute approximate surface area is 147 Å². The highest BCUT2D eigenvalue weighted by Crippen LogP contribution is 2.17. The molecule has 0 saturated carbocycles. The molecule has 2 amide bonds. The summed E-state index contributed by atoms with van der Waals surface area (Å²) in [7, 11) is 0. The fraction of sp³-hybridized carbons (Fsp3) is 0.500. The molecule has 0 spiro atoms. The van der Waals surface area contributed by atoms with Crippen LogP contribution in [0.15, 0.2) is 24.3 Å². The van der Waals surface area contributed by atoms with Gasteiger partial charge >= 0.3 is 0 Å². The molecule has 1 fully saturated rings. The van der Waals surface area contributed by atoms with Gasteiger partial charge in [-0.05, 0) is 18.6 Å². The number of imidazole rings is 1. The van der Waals surface area contributed by atoms with Crippen LogP contribution in [0.1, 0.15) is 25.6 Å². The zero-order valence-electron chi connectivity index (χ0n) is 14.5. The molecule has 1 aliphatic rings. The number of benzene rings is 1. The molecule has 134 valence electrons. The number of para-hydroxylation sites is 2. The molecule has 0 unspecified atom stereocenters. The van der Waals surface area contributed by atoms with Gasteiger partial charge in [-0.1, -0.05) is 19.1 Å². The molecule has 25 heavy (non-hydrogen) atoms. The second-order valence-electron chi connectivity index (χ2n) is 6.12. The van der Waals surface area contributed by atoms with E-state index in [1.165, 1.54) is 0 Å². The van der Waals surface area contributed by atoms with Gasteiger partial charge in [-0.15, -0.1) is 0 Å². The highest BCUT2D eigenvalue weighted by atomic mass is 16.5. The van der Waals surface area contributed by atoms with E-state index in [0.717, 1.165) is 17.5 Å². The van der Waals surface area contributed by atoms with Crippen LogP contribution in [0.5, 0.6) is 0 Å². The van der Waals surface area contributed by atoms with Crippen LogP contribution < -0.4 is 5.32 Å². The third-order valence-corrected chi connectivity index (χ3v) is 4.31. The van der Waals surface area contributed by atoms with Gasteiger partial charge in [0.2, 0.25) is 11.8 Å². The fourth-order valence-corrected chi connectivity index (χ4v) is 2.98. The molecule has 0 bridgehead atoms. The standard InChI is InChI=1S/C18H24N4O3/c1-2-5-17(23)19-12-16-20-14-6-3-4-7-15(14)22(16)13-18(24)21-8-10-25-11-9-21/h3-4,6-7H,2,5,8-13H2,1H3,(H,19,23). The van der Waals surface area contributed by atoms with Crippen LogP contribution in [0.25, 0.3) is 11.0 Å².